The number of alkyl halides is 1. The van der Waals surface area contributed by atoms with E-state index in [1.165, 1.54) is 48.6 Å². The first kappa shape index (κ1) is 73.3. The number of nitrogens with zero attached hydrogens (tertiary/aromatic N) is 6. The van der Waals surface area contributed by atoms with Crippen molar-refractivity contribution < 1.29 is 76.7 Å². The van der Waals surface area contributed by atoms with Crippen LogP contribution >= 0.6 is 15.9 Å². The van der Waals surface area contributed by atoms with Crippen molar-refractivity contribution in [1.29, 1.82) is 0 Å². The molecule has 0 unspecified atom stereocenters. The van der Waals surface area contributed by atoms with Gasteiger partial charge in [0, 0.05) is 69.0 Å². The second-order valence-electron chi connectivity index (χ2n) is 22.0. The van der Waals surface area contributed by atoms with Gasteiger partial charge in [0.2, 0.25) is 35.4 Å². The van der Waals surface area contributed by atoms with E-state index in [-0.39, 0.29) is 147 Å². The summed E-state index contributed by atoms with van der Waals surface area (Å²) in [5, 5.41) is 36.4. The molecule has 0 bridgehead atoms. The molecular weight excluding hydrogens is 1240 g/mol. The SMILES string of the molecule is CC(=O)c1nn(CC(=O)N2C[C@H](F)C[C@H]2C(=O)Nc2nc(Br)ccc2C)c2ccc(-c3cnc(CNC(=O)COCCOCCNC(=O)COCCOCCNC(=O)CC[C@H](NC(=O)CCCCCCCCCCCCCCCCC(=O)O)C(=O)O)nc3)cc12. The van der Waals surface area contributed by atoms with Gasteiger partial charge in [-0.15, -0.1) is 0 Å². The molecule has 90 heavy (non-hydrogen) atoms. The molecule has 26 nitrogen and oxygen atoms in total. The minimum atomic E-state index is -1.42. The fourth-order valence-electron chi connectivity index (χ4n) is 9.84. The number of carbonyl (C=O) groups excluding carboxylic acids is 7. The second kappa shape index (κ2) is 41.1. The number of likely N-dealkylation sites (tertiary alicyclic amines) is 1. The van der Waals surface area contributed by atoms with Gasteiger partial charge in [0.15, 0.2) is 5.78 Å². The first-order valence-electron chi connectivity index (χ1n) is 30.9. The number of carboxylic acids is 2. The van der Waals surface area contributed by atoms with Crippen molar-refractivity contribution in [1.82, 2.24) is 50.9 Å². The lowest BCUT2D eigenvalue weighted by atomic mass is 10.0. The smallest absolute Gasteiger partial charge is 0.326 e. The molecule has 1 fully saturated rings. The highest BCUT2D eigenvalue weighted by molar-refractivity contribution is 9.10. The summed E-state index contributed by atoms with van der Waals surface area (Å²) in [6.07, 6.45) is 16.7. The first-order chi connectivity index (χ1) is 43.4. The van der Waals surface area contributed by atoms with Crippen molar-refractivity contribution in [2.45, 2.75) is 167 Å². The number of amides is 6. The molecule has 28 heteroatoms. The van der Waals surface area contributed by atoms with E-state index < -0.39 is 47.9 Å². The summed E-state index contributed by atoms with van der Waals surface area (Å²) in [6, 6.07) is 6.42. The van der Waals surface area contributed by atoms with E-state index in [1.807, 2.05) is 0 Å². The number of pyridine rings is 1. The molecule has 4 heterocycles. The lowest BCUT2D eigenvalue weighted by Gasteiger charge is -2.24. The van der Waals surface area contributed by atoms with E-state index in [1.54, 1.807) is 49.6 Å². The lowest BCUT2D eigenvalue weighted by Crippen LogP contribution is -2.44. The molecule has 1 saturated heterocycles. The Morgan fingerprint density at radius 1 is 0.678 bits per heavy atom. The van der Waals surface area contributed by atoms with E-state index in [0.29, 0.717) is 50.3 Å². The third-order valence-electron chi connectivity index (χ3n) is 14.7. The van der Waals surface area contributed by atoms with Gasteiger partial charge in [-0.25, -0.2) is 24.1 Å². The number of rotatable bonds is 46. The van der Waals surface area contributed by atoms with E-state index in [2.05, 4.69) is 62.6 Å². The van der Waals surface area contributed by atoms with Gasteiger partial charge in [-0.05, 0) is 71.4 Å². The molecule has 6 amide bonds. The van der Waals surface area contributed by atoms with Crippen molar-refractivity contribution in [2.24, 2.45) is 0 Å². The third kappa shape index (κ3) is 27.8. The van der Waals surface area contributed by atoms with Gasteiger partial charge in [0.05, 0.1) is 58.2 Å². The molecule has 3 atom stereocenters. The quantitative estimate of drug-likeness (QED) is 0.0144. The summed E-state index contributed by atoms with van der Waals surface area (Å²) in [6.45, 7) is 3.38. The first-order valence-corrected chi connectivity index (χ1v) is 31.7. The number of anilines is 1. The number of aromatic nitrogens is 5. The fraction of sp³-hybridized carbons (Fsp3) is 0.597. The van der Waals surface area contributed by atoms with Crippen LogP contribution in [-0.4, -0.2) is 184 Å². The Hall–Kier alpha value is -7.40. The van der Waals surface area contributed by atoms with Crippen LogP contribution in [0.2, 0.25) is 0 Å². The van der Waals surface area contributed by atoms with Gasteiger partial charge < -0.3 is 60.6 Å². The van der Waals surface area contributed by atoms with Crippen LogP contribution in [0.15, 0.2) is 47.3 Å². The Balaban J connectivity index is 0.833. The normalized spacial score (nSPS) is 14.1. The van der Waals surface area contributed by atoms with Gasteiger partial charge in [-0.1, -0.05) is 89.2 Å². The molecule has 0 saturated carbocycles. The summed E-state index contributed by atoms with van der Waals surface area (Å²) in [7, 11) is 0. The van der Waals surface area contributed by atoms with Crippen molar-refractivity contribution in [3.63, 3.8) is 0 Å². The number of nitrogens with one attached hydrogen (secondary N) is 5. The molecule has 4 aromatic rings. The number of aliphatic carboxylic acids is 2. The minimum Gasteiger partial charge on any atom is -0.481 e. The number of fused-ring (bicyclic) bond motifs is 1. The van der Waals surface area contributed by atoms with E-state index >= 15 is 0 Å². The van der Waals surface area contributed by atoms with Gasteiger partial charge in [0.25, 0.3) is 0 Å². The summed E-state index contributed by atoms with van der Waals surface area (Å²) in [5.41, 5.74) is 2.53. The van der Waals surface area contributed by atoms with E-state index in [0.717, 1.165) is 51.4 Å². The Labute approximate surface area is 531 Å². The zero-order chi connectivity index (χ0) is 65.0. The van der Waals surface area contributed by atoms with Crippen LogP contribution in [0.4, 0.5) is 10.2 Å². The summed E-state index contributed by atoms with van der Waals surface area (Å²) >= 11 is 3.28. The molecule has 3 aromatic heterocycles. The van der Waals surface area contributed by atoms with Gasteiger partial charge >= 0.3 is 11.9 Å². The maximum atomic E-state index is 14.8. The molecule has 0 spiro atoms. The van der Waals surface area contributed by atoms with Crippen LogP contribution in [0.25, 0.3) is 22.0 Å². The highest BCUT2D eigenvalue weighted by Gasteiger charge is 2.40. The maximum absolute atomic E-state index is 14.8. The Bertz CT molecular complexity index is 2970. The number of unbranched alkanes of at least 4 members (excludes halogenated alkanes) is 13. The molecule has 1 aliphatic rings. The Kier molecular flexibility index (Phi) is 33.5. The zero-order valence-electron chi connectivity index (χ0n) is 51.5. The number of aryl methyl sites for hydroxylation is 1. The predicted octanol–water partition coefficient (Wildman–Crippen LogP) is 6.33. The van der Waals surface area contributed by atoms with Crippen LogP contribution in [0.3, 0.4) is 0 Å². The predicted molar refractivity (Wildman–Crippen MR) is 333 cm³/mol. The molecule has 1 aliphatic heterocycles. The summed E-state index contributed by atoms with van der Waals surface area (Å²) < 4.78 is 38.2. The summed E-state index contributed by atoms with van der Waals surface area (Å²) in [5.74, 6) is -4.27. The monoisotopic (exact) mass is 1320 g/mol. The van der Waals surface area contributed by atoms with Gasteiger partial charge in [0.1, 0.15) is 60.0 Å². The number of benzene rings is 1. The fourth-order valence-corrected chi connectivity index (χ4v) is 10.1. The van der Waals surface area contributed by atoms with Crippen LogP contribution in [0, 0.1) is 6.92 Å². The Morgan fingerprint density at radius 2 is 1.24 bits per heavy atom. The second-order valence-corrected chi connectivity index (χ2v) is 22.8. The average molecular weight is 1330 g/mol. The molecule has 0 aliphatic carbocycles. The average Bonchev–Trinajstić information content (AvgIpc) is 1.71. The molecule has 5 rings (SSSR count). The van der Waals surface area contributed by atoms with Crippen molar-refractivity contribution in [3.8, 4) is 11.1 Å². The number of halogens is 2. The zero-order valence-corrected chi connectivity index (χ0v) is 53.1. The largest absolute Gasteiger partial charge is 0.481 e. The third-order valence-corrected chi connectivity index (χ3v) is 15.2. The number of ether oxygens (including phenoxy) is 4. The lowest BCUT2D eigenvalue weighted by molar-refractivity contribution is -0.142. The van der Waals surface area contributed by atoms with Crippen LogP contribution in [0.5, 0.6) is 0 Å². The molecule has 1 aromatic carbocycles. The molecule has 494 valence electrons. The van der Waals surface area contributed by atoms with Crippen molar-refractivity contribution in [3.05, 3.63) is 64.4 Å². The minimum absolute atomic E-state index is 0.0188. The van der Waals surface area contributed by atoms with E-state index in [4.69, 9.17) is 24.1 Å². The van der Waals surface area contributed by atoms with E-state index in [9.17, 15) is 52.6 Å². The number of hydrogen-bond donors (Lipinski definition) is 7. The number of ketones is 1. The number of hydrogen-bond acceptors (Lipinski definition) is 17. The highest BCUT2D eigenvalue weighted by Crippen LogP contribution is 2.29. The van der Waals surface area contributed by atoms with Crippen molar-refractivity contribution in [2.75, 3.05) is 77.8 Å². The molecular formula is C62H87BrFN11O15. The van der Waals surface area contributed by atoms with Crippen LogP contribution in [0.1, 0.15) is 151 Å². The van der Waals surface area contributed by atoms with Gasteiger partial charge in [-0.3, -0.25) is 43.0 Å². The molecule has 7 N–H and O–H groups in total. The van der Waals surface area contributed by atoms with Crippen molar-refractivity contribution >= 4 is 85.8 Å². The molecule has 0 radical (unpaired) electrons. The van der Waals surface area contributed by atoms with Gasteiger partial charge in [-0.2, -0.15) is 5.10 Å². The van der Waals surface area contributed by atoms with Crippen LogP contribution in [-0.2, 0) is 70.4 Å². The van der Waals surface area contributed by atoms with Crippen LogP contribution < -0.4 is 26.6 Å². The highest BCUT2D eigenvalue weighted by atomic mass is 79.9. The Morgan fingerprint density at radius 3 is 1.83 bits per heavy atom. The number of carbonyl (C=O) groups is 9. The topological polar surface area (TPSA) is 351 Å². The maximum Gasteiger partial charge on any atom is 0.326 e. The number of Topliss-reactive ketones (excluding diaryl/α,β-unsaturated/α-hetero) is 1. The summed E-state index contributed by atoms with van der Waals surface area (Å²) in [4.78, 5) is 126. The standard InChI is InChI=1S/C62H87BrFN11O15/c1-42-19-23-51(63)71-60(42)72-61(84)50-34-46(64)38-74(50)57(81)39-75-49-22-20-44(33-47(49)59(73-75)43(2)76)45-35-67-52(68-36-45)37-69-56(80)41-90-32-30-88-28-26-66-55(79)40-89-31-29-87-27-25-65-53(77)24-21-48(62(85)86)70-54(78)17-15-13-11-9-7-5-3-4-6-8-10-12-14-16-18-58(82)83/h19-20,22-23,33,35-36,46,48,50H,3-18,21,24-32,34,37-41H2,1-2H3,(H,65,77)(H,66,79)(H,69,80)(H,70,78)(H,82,83)(H,85,86)(H,71,72,84)/t46-,48+,50+/m1/s1. The number of carboxylic acid groups (broad SMARTS) is 2.